The zero-order valence-corrected chi connectivity index (χ0v) is 21.0. The fourth-order valence-electron chi connectivity index (χ4n) is 9.79. The predicted octanol–water partition coefficient (Wildman–Crippen LogP) is 5.00. The van der Waals surface area contributed by atoms with Gasteiger partial charge in [0.05, 0.1) is 6.10 Å². The first-order valence-corrected chi connectivity index (χ1v) is 14.0. The fraction of sp³-hybridized carbons (Fsp3) is 0.964. The second-order valence-electron chi connectivity index (χ2n) is 12.9. The molecule has 0 unspecified atom stereocenters. The Morgan fingerprint density at radius 1 is 1.06 bits per heavy atom. The first kappa shape index (κ1) is 23.1. The number of aliphatic hydroxyl groups excluding tert-OH is 1. The van der Waals surface area contributed by atoms with Crippen molar-refractivity contribution in [3.8, 4) is 0 Å². The Hall–Kier alpha value is -0.610. The molecule has 0 bridgehead atoms. The van der Waals surface area contributed by atoms with Gasteiger partial charge in [0.25, 0.3) is 0 Å². The number of likely N-dealkylation sites (tertiary alicyclic amines) is 1. The lowest BCUT2D eigenvalue weighted by Gasteiger charge is -2.61. The summed E-state index contributed by atoms with van der Waals surface area (Å²) < 4.78 is 0. The molecule has 9 atom stereocenters. The Kier molecular flexibility index (Phi) is 6.42. The van der Waals surface area contributed by atoms with Gasteiger partial charge in [0, 0.05) is 25.6 Å². The SMILES string of the molecule is C[C@@H](O)[C@H]1CC[C@H]2[C@@H]3CC[C@H]4C[C@@H](NCCCN5CCCC5=O)CC[C@]4(C)[C@H]3CC[C@]12C. The Bertz CT molecular complexity index is 695. The van der Waals surface area contributed by atoms with Crippen LogP contribution in [-0.4, -0.2) is 47.7 Å². The molecule has 1 aliphatic heterocycles. The molecule has 182 valence electrons. The minimum Gasteiger partial charge on any atom is -0.393 e. The van der Waals surface area contributed by atoms with Gasteiger partial charge >= 0.3 is 0 Å². The highest BCUT2D eigenvalue weighted by Crippen LogP contribution is 2.67. The van der Waals surface area contributed by atoms with Crippen LogP contribution in [-0.2, 0) is 4.79 Å². The van der Waals surface area contributed by atoms with E-state index < -0.39 is 0 Å². The van der Waals surface area contributed by atoms with Crippen molar-refractivity contribution >= 4 is 5.91 Å². The summed E-state index contributed by atoms with van der Waals surface area (Å²) >= 11 is 0. The average molecular weight is 445 g/mol. The van der Waals surface area contributed by atoms with Gasteiger partial charge in [-0.1, -0.05) is 13.8 Å². The van der Waals surface area contributed by atoms with Crippen molar-refractivity contribution in [1.29, 1.82) is 0 Å². The third kappa shape index (κ3) is 3.85. The molecule has 1 saturated heterocycles. The van der Waals surface area contributed by atoms with Gasteiger partial charge in [0.15, 0.2) is 0 Å². The molecule has 1 amide bonds. The van der Waals surface area contributed by atoms with Gasteiger partial charge < -0.3 is 15.3 Å². The van der Waals surface area contributed by atoms with E-state index in [4.69, 9.17) is 0 Å². The molecule has 0 aromatic carbocycles. The first-order chi connectivity index (χ1) is 15.3. The lowest BCUT2D eigenvalue weighted by molar-refractivity contribution is -0.127. The molecule has 5 rings (SSSR count). The molecule has 0 aromatic rings. The number of amides is 1. The molecule has 4 heteroatoms. The molecule has 4 aliphatic carbocycles. The number of nitrogens with one attached hydrogen (secondary N) is 1. The number of fused-ring (bicyclic) bond motifs is 5. The lowest BCUT2D eigenvalue weighted by Crippen LogP contribution is -2.55. The van der Waals surface area contributed by atoms with E-state index in [2.05, 4.69) is 24.1 Å². The second kappa shape index (κ2) is 8.87. The van der Waals surface area contributed by atoms with E-state index in [1.807, 2.05) is 6.92 Å². The van der Waals surface area contributed by atoms with Crippen LogP contribution in [0.4, 0.5) is 0 Å². The molecule has 5 aliphatic rings. The minimum absolute atomic E-state index is 0.140. The van der Waals surface area contributed by atoms with Gasteiger partial charge in [-0.05, 0) is 125 Å². The van der Waals surface area contributed by atoms with Crippen LogP contribution in [0.2, 0.25) is 0 Å². The molecule has 4 nitrogen and oxygen atoms in total. The highest BCUT2D eigenvalue weighted by molar-refractivity contribution is 5.77. The van der Waals surface area contributed by atoms with E-state index in [9.17, 15) is 9.90 Å². The minimum atomic E-state index is -0.140. The van der Waals surface area contributed by atoms with Crippen LogP contribution in [0.15, 0.2) is 0 Å². The van der Waals surface area contributed by atoms with Crippen molar-refractivity contribution in [3.05, 3.63) is 0 Å². The van der Waals surface area contributed by atoms with Gasteiger partial charge in [-0.2, -0.15) is 0 Å². The standard InChI is InChI=1S/C28H48N2O2/c1-19(31)23-9-10-24-22-8-7-20-18-21(29-15-5-17-30-16-4-6-26(30)32)11-13-27(20,2)25(22)12-14-28(23,24)3/h19-25,29,31H,4-18H2,1-3H3/t19-,20+,21+,22+,23-,24+,25+,27+,28-/m1/s1. The normalized spacial score (nSPS) is 47.1. The highest BCUT2D eigenvalue weighted by Gasteiger charge is 2.60. The Morgan fingerprint density at radius 3 is 2.59 bits per heavy atom. The van der Waals surface area contributed by atoms with Crippen LogP contribution in [0.5, 0.6) is 0 Å². The number of hydrogen-bond acceptors (Lipinski definition) is 3. The lowest BCUT2D eigenvalue weighted by atomic mass is 9.44. The number of carbonyl (C=O) groups is 1. The molecule has 0 spiro atoms. The Labute approximate surface area is 196 Å². The van der Waals surface area contributed by atoms with Crippen LogP contribution in [0, 0.1) is 40.4 Å². The van der Waals surface area contributed by atoms with Gasteiger partial charge in [-0.15, -0.1) is 0 Å². The zero-order chi connectivity index (χ0) is 22.5. The number of hydrogen-bond donors (Lipinski definition) is 2. The van der Waals surface area contributed by atoms with Crippen molar-refractivity contribution in [3.63, 3.8) is 0 Å². The van der Waals surface area contributed by atoms with E-state index >= 15 is 0 Å². The average Bonchev–Trinajstić information content (AvgIpc) is 3.33. The fourth-order valence-corrected chi connectivity index (χ4v) is 9.79. The van der Waals surface area contributed by atoms with Crippen molar-refractivity contribution in [2.75, 3.05) is 19.6 Å². The number of rotatable bonds is 6. The highest BCUT2D eigenvalue weighted by atomic mass is 16.3. The summed E-state index contributed by atoms with van der Waals surface area (Å²) in [6.07, 6.45) is 15.1. The summed E-state index contributed by atoms with van der Waals surface area (Å²) in [5.41, 5.74) is 0.918. The summed E-state index contributed by atoms with van der Waals surface area (Å²) in [6.45, 7) is 10.2. The van der Waals surface area contributed by atoms with Crippen LogP contribution in [0.3, 0.4) is 0 Å². The molecular formula is C28H48N2O2. The topological polar surface area (TPSA) is 52.6 Å². The van der Waals surface area contributed by atoms with E-state index in [0.29, 0.717) is 28.7 Å². The van der Waals surface area contributed by atoms with Crippen LogP contribution < -0.4 is 5.32 Å². The van der Waals surface area contributed by atoms with Crippen molar-refractivity contribution in [1.82, 2.24) is 10.2 Å². The first-order valence-electron chi connectivity index (χ1n) is 14.0. The molecule has 0 aromatic heterocycles. The summed E-state index contributed by atoms with van der Waals surface area (Å²) in [7, 11) is 0. The van der Waals surface area contributed by atoms with Crippen molar-refractivity contribution < 1.29 is 9.90 Å². The van der Waals surface area contributed by atoms with E-state index in [-0.39, 0.29) is 6.10 Å². The summed E-state index contributed by atoms with van der Waals surface area (Å²) in [5, 5.41) is 14.3. The van der Waals surface area contributed by atoms with Gasteiger partial charge in [0.1, 0.15) is 0 Å². The van der Waals surface area contributed by atoms with Crippen molar-refractivity contribution in [2.24, 2.45) is 40.4 Å². The molecule has 32 heavy (non-hydrogen) atoms. The molecule has 1 heterocycles. The molecular weight excluding hydrogens is 396 g/mol. The third-order valence-corrected chi connectivity index (χ3v) is 11.5. The Morgan fingerprint density at radius 2 is 1.84 bits per heavy atom. The molecule has 2 N–H and O–H groups in total. The smallest absolute Gasteiger partial charge is 0.222 e. The quantitative estimate of drug-likeness (QED) is 0.567. The maximum absolute atomic E-state index is 11.8. The third-order valence-electron chi connectivity index (χ3n) is 11.5. The van der Waals surface area contributed by atoms with E-state index in [1.165, 1.54) is 57.8 Å². The molecule has 4 saturated carbocycles. The van der Waals surface area contributed by atoms with Gasteiger partial charge in [-0.25, -0.2) is 0 Å². The Balaban J connectivity index is 1.16. The van der Waals surface area contributed by atoms with Crippen molar-refractivity contribution in [2.45, 2.75) is 110 Å². The monoisotopic (exact) mass is 444 g/mol. The summed E-state index contributed by atoms with van der Waals surface area (Å²) in [6, 6.07) is 0.680. The largest absolute Gasteiger partial charge is 0.393 e. The number of aliphatic hydroxyl groups is 1. The zero-order valence-electron chi connectivity index (χ0n) is 21.0. The second-order valence-corrected chi connectivity index (χ2v) is 12.9. The van der Waals surface area contributed by atoms with Crippen LogP contribution in [0.1, 0.15) is 97.8 Å². The summed E-state index contributed by atoms with van der Waals surface area (Å²) in [5.74, 6) is 4.43. The van der Waals surface area contributed by atoms with E-state index in [1.54, 1.807) is 0 Å². The summed E-state index contributed by atoms with van der Waals surface area (Å²) in [4.78, 5) is 13.9. The molecule has 5 fully saturated rings. The number of nitrogens with zero attached hydrogens (tertiary/aromatic N) is 1. The molecule has 0 radical (unpaired) electrons. The van der Waals surface area contributed by atoms with Crippen LogP contribution >= 0.6 is 0 Å². The number of carbonyl (C=O) groups excluding carboxylic acids is 1. The van der Waals surface area contributed by atoms with Crippen LogP contribution in [0.25, 0.3) is 0 Å². The maximum Gasteiger partial charge on any atom is 0.222 e. The van der Waals surface area contributed by atoms with Gasteiger partial charge in [-0.3, -0.25) is 4.79 Å². The predicted molar refractivity (Wildman–Crippen MR) is 129 cm³/mol. The maximum atomic E-state index is 11.8. The van der Waals surface area contributed by atoms with Gasteiger partial charge in [0.2, 0.25) is 5.91 Å². The van der Waals surface area contributed by atoms with E-state index in [0.717, 1.165) is 62.6 Å².